The van der Waals surface area contributed by atoms with Gasteiger partial charge < -0.3 is 9.47 Å². The van der Waals surface area contributed by atoms with Crippen LogP contribution in [0.15, 0.2) is 78.9 Å². The van der Waals surface area contributed by atoms with Crippen LogP contribution in [0.2, 0.25) is 0 Å². The van der Waals surface area contributed by atoms with Crippen molar-refractivity contribution in [2.45, 2.75) is 39.7 Å². The maximum Gasteiger partial charge on any atom is 0.330 e. The van der Waals surface area contributed by atoms with Crippen LogP contribution in [0.1, 0.15) is 41.2 Å². The predicted molar refractivity (Wildman–Crippen MR) is 126 cm³/mol. The highest BCUT2D eigenvalue weighted by Gasteiger charge is 2.08. The minimum Gasteiger partial charge on any atom is -0.488 e. The molecule has 0 spiro atoms. The van der Waals surface area contributed by atoms with Crippen LogP contribution in [0.4, 0.5) is 0 Å². The van der Waals surface area contributed by atoms with E-state index in [0.29, 0.717) is 13.2 Å². The molecule has 0 unspecified atom stereocenters. The lowest BCUT2D eigenvalue weighted by atomic mass is 9.98. The highest BCUT2D eigenvalue weighted by Crippen LogP contribution is 2.26. The van der Waals surface area contributed by atoms with Gasteiger partial charge in [-0.15, -0.1) is 0 Å². The molecule has 0 amide bonds. The number of esters is 1. The second kappa shape index (κ2) is 11.8. The maximum absolute atomic E-state index is 11.6. The number of aryl methyl sites for hydroxylation is 3. The number of carbonyl (C=O) groups is 1. The minimum atomic E-state index is -0.308. The van der Waals surface area contributed by atoms with Crippen LogP contribution in [0.3, 0.4) is 0 Å². The Balaban J connectivity index is 1.63. The van der Waals surface area contributed by atoms with E-state index in [1.165, 1.54) is 22.8 Å². The highest BCUT2D eigenvalue weighted by atomic mass is 16.5. The Hall–Kier alpha value is -3.33. The summed E-state index contributed by atoms with van der Waals surface area (Å²) < 4.78 is 11.2. The van der Waals surface area contributed by atoms with Gasteiger partial charge in [0.2, 0.25) is 0 Å². The number of benzene rings is 3. The largest absolute Gasteiger partial charge is 0.488 e. The Kier molecular flexibility index (Phi) is 8.48. The Labute approximate surface area is 185 Å². The summed E-state index contributed by atoms with van der Waals surface area (Å²) in [5.41, 5.74) is 5.84. The first-order valence-corrected chi connectivity index (χ1v) is 10.9. The Morgan fingerprint density at radius 3 is 2.39 bits per heavy atom. The van der Waals surface area contributed by atoms with E-state index in [1.807, 2.05) is 49.4 Å². The molecule has 3 heteroatoms. The summed E-state index contributed by atoms with van der Waals surface area (Å²) in [7, 11) is 0. The van der Waals surface area contributed by atoms with Crippen molar-refractivity contribution >= 4 is 12.0 Å². The van der Waals surface area contributed by atoms with Crippen molar-refractivity contribution in [3.8, 4) is 5.75 Å². The van der Waals surface area contributed by atoms with Crippen LogP contribution in [0, 0.1) is 6.92 Å². The van der Waals surface area contributed by atoms with Gasteiger partial charge in [-0.05, 0) is 67.0 Å². The number of hydrogen-bond acceptors (Lipinski definition) is 3. The third-order valence-corrected chi connectivity index (χ3v) is 5.15. The first kappa shape index (κ1) is 22.4. The number of para-hydroxylation sites is 1. The quantitative estimate of drug-likeness (QED) is 0.287. The topological polar surface area (TPSA) is 35.5 Å². The number of rotatable bonds is 10. The monoisotopic (exact) mass is 414 g/mol. The first-order chi connectivity index (χ1) is 15.2. The molecule has 0 aliphatic carbocycles. The number of hydrogen-bond donors (Lipinski definition) is 0. The van der Waals surface area contributed by atoms with Crippen molar-refractivity contribution in [1.29, 1.82) is 0 Å². The summed E-state index contributed by atoms with van der Waals surface area (Å²) in [4.78, 5) is 11.6. The van der Waals surface area contributed by atoms with Crippen molar-refractivity contribution in [2.75, 3.05) is 6.61 Å². The number of ether oxygens (including phenoxy) is 2. The molecule has 0 radical (unpaired) electrons. The highest BCUT2D eigenvalue weighted by molar-refractivity contribution is 5.87. The fraction of sp³-hybridized carbons (Fsp3) is 0.250. The van der Waals surface area contributed by atoms with Gasteiger partial charge in [-0.1, -0.05) is 72.8 Å². The molecule has 0 aliphatic heterocycles. The molecule has 0 saturated heterocycles. The van der Waals surface area contributed by atoms with Gasteiger partial charge in [0.1, 0.15) is 12.4 Å². The van der Waals surface area contributed by atoms with Crippen molar-refractivity contribution in [3.05, 3.63) is 107 Å². The van der Waals surface area contributed by atoms with E-state index in [9.17, 15) is 4.79 Å². The van der Waals surface area contributed by atoms with E-state index in [2.05, 4.69) is 43.3 Å². The second-order valence-electron chi connectivity index (χ2n) is 7.48. The molecule has 31 heavy (non-hydrogen) atoms. The Bertz CT molecular complexity index is 1010. The van der Waals surface area contributed by atoms with Crippen molar-refractivity contribution in [3.63, 3.8) is 0 Å². The van der Waals surface area contributed by atoms with Gasteiger partial charge in [0.05, 0.1) is 6.61 Å². The van der Waals surface area contributed by atoms with Gasteiger partial charge in [-0.25, -0.2) is 4.79 Å². The van der Waals surface area contributed by atoms with Crippen LogP contribution in [-0.2, 0) is 29.0 Å². The first-order valence-electron chi connectivity index (χ1n) is 10.9. The summed E-state index contributed by atoms with van der Waals surface area (Å²) in [6.45, 7) is 4.86. The van der Waals surface area contributed by atoms with Gasteiger partial charge in [0.25, 0.3) is 0 Å². The third-order valence-electron chi connectivity index (χ3n) is 5.15. The molecule has 3 rings (SSSR count). The fourth-order valence-corrected chi connectivity index (χ4v) is 3.59. The molecule has 160 valence electrons. The van der Waals surface area contributed by atoms with E-state index in [4.69, 9.17) is 9.47 Å². The average Bonchev–Trinajstić information content (AvgIpc) is 2.79. The van der Waals surface area contributed by atoms with Gasteiger partial charge >= 0.3 is 5.97 Å². The molecule has 0 bridgehead atoms. The molecule has 0 aliphatic rings. The van der Waals surface area contributed by atoms with Crippen molar-refractivity contribution in [2.24, 2.45) is 0 Å². The molecule has 0 aromatic heterocycles. The van der Waals surface area contributed by atoms with Gasteiger partial charge in [0.15, 0.2) is 0 Å². The zero-order valence-electron chi connectivity index (χ0n) is 18.3. The Morgan fingerprint density at radius 1 is 0.871 bits per heavy atom. The summed E-state index contributed by atoms with van der Waals surface area (Å²) in [5.74, 6) is 0.680. The Morgan fingerprint density at radius 2 is 1.58 bits per heavy atom. The van der Waals surface area contributed by atoms with E-state index in [-0.39, 0.29) is 5.97 Å². The van der Waals surface area contributed by atoms with Gasteiger partial charge in [-0.2, -0.15) is 0 Å². The summed E-state index contributed by atoms with van der Waals surface area (Å²) in [6.07, 6.45) is 6.19. The maximum atomic E-state index is 11.6. The average molecular weight is 415 g/mol. The standard InChI is InChI=1S/C28H30O3/c1-3-30-27(29)20-19-25-15-8-7-14-24(25)16-10-18-26-17-9-11-22(2)28(26)31-21-23-12-5-4-6-13-23/h4-9,11-15,17,19-20H,3,10,16,18,21H2,1-2H3/b20-19+. The molecule has 3 aromatic rings. The molecule has 0 N–H and O–H groups in total. The number of carbonyl (C=O) groups excluding carboxylic acids is 1. The summed E-state index contributed by atoms with van der Waals surface area (Å²) in [6, 6.07) is 24.8. The molecule has 0 saturated carbocycles. The van der Waals surface area contributed by atoms with Crippen LogP contribution in [0.25, 0.3) is 6.08 Å². The molecular weight excluding hydrogens is 384 g/mol. The van der Waals surface area contributed by atoms with E-state index < -0.39 is 0 Å². The van der Waals surface area contributed by atoms with Crippen molar-refractivity contribution < 1.29 is 14.3 Å². The minimum absolute atomic E-state index is 0.308. The van der Waals surface area contributed by atoms with E-state index in [0.717, 1.165) is 36.1 Å². The molecule has 0 fully saturated rings. The predicted octanol–water partition coefficient (Wildman–Crippen LogP) is 6.33. The summed E-state index contributed by atoms with van der Waals surface area (Å²) >= 11 is 0. The van der Waals surface area contributed by atoms with Crippen molar-refractivity contribution in [1.82, 2.24) is 0 Å². The molecule has 0 heterocycles. The molecule has 3 aromatic carbocycles. The van der Waals surface area contributed by atoms with Gasteiger partial charge in [-0.3, -0.25) is 0 Å². The lowest BCUT2D eigenvalue weighted by molar-refractivity contribution is -0.137. The van der Waals surface area contributed by atoms with Crippen LogP contribution >= 0.6 is 0 Å². The summed E-state index contributed by atoms with van der Waals surface area (Å²) in [5, 5.41) is 0. The van der Waals surface area contributed by atoms with E-state index >= 15 is 0 Å². The zero-order chi connectivity index (χ0) is 21.9. The van der Waals surface area contributed by atoms with E-state index in [1.54, 1.807) is 0 Å². The lowest BCUT2D eigenvalue weighted by Gasteiger charge is -2.15. The fourth-order valence-electron chi connectivity index (χ4n) is 3.59. The smallest absolute Gasteiger partial charge is 0.330 e. The zero-order valence-corrected chi connectivity index (χ0v) is 18.3. The van der Waals surface area contributed by atoms with Crippen LogP contribution < -0.4 is 4.74 Å². The van der Waals surface area contributed by atoms with Gasteiger partial charge in [0, 0.05) is 6.08 Å². The third kappa shape index (κ3) is 6.85. The lowest BCUT2D eigenvalue weighted by Crippen LogP contribution is -2.02. The van der Waals surface area contributed by atoms with Crippen LogP contribution in [-0.4, -0.2) is 12.6 Å². The molecule has 0 atom stereocenters. The molecule has 3 nitrogen and oxygen atoms in total. The normalized spacial score (nSPS) is 10.9. The molecular formula is C28H30O3. The SMILES string of the molecule is CCOC(=O)/C=C/c1ccccc1CCCc1cccc(C)c1OCc1ccccc1. The van der Waals surface area contributed by atoms with Crippen LogP contribution in [0.5, 0.6) is 5.75 Å². The second-order valence-corrected chi connectivity index (χ2v) is 7.48.